The Morgan fingerprint density at radius 1 is 0.615 bits per heavy atom. The molecule has 39 heavy (non-hydrogen) atoms. The van der Waals surface area contributed by atoms with Gasteiger partial charge < -0.3 is 15.2 Å². The SMILES string of the molecule is CCCCCCCCCCCCOC(=O)CC(N)C(=O)OCCCCCCCCCCCC.CCS(=O)(=O)O. The van der Waals surface area contributed by atoms with Crippen LogP contribution in [0.3, 0.4) is 0 Å². The van der Waals surface area contributed by atoms with Gasteiger partial charge in [-0.3, -0.25) is 14.1 Å². The fourth-order valence-electron chi connectivity index (χ4n) is 3.97. The van der Waals surface area contributed by atoms with Crippen LogP contribution in [0, 0.1) is 0 Å². The lowest BCUT2D eigenvalue weighted by molar-refractivity contribution is -0.152. The van der Waals surface area contributed by atoms with Crippen LogP contribution in [0.25, 0.3) is 0 Å². The summed E-state index contributed by atoms with van der Waals surface area (Å²) in [6, 6.07) is -0.923. The summed E-state index contributed by atoms with van der Waals surface area (Å²) in [5.74, 6) is -1.11. The van der Waals surface area contributed by atoms with E-state index in [0.29, 0.717) is 13.2 Å². The summed E-state index contributed by atoms with van der Waals surface area (Å²) >= 11 is 0. The van der Waals surface area contributed by atoms with Crippen molar-refractivity contribution >= 4 is 22.1 Å². The first-order valence-corrected chi connectivity index (χ1v) is 17.3. The van der Waals surface area contributed by atoms with Gasteiger partial charge in [0.2, 0.25) is 0 Å². The minimum absolute atomic E-state index is 0.103. The molecule has 0 aliphatic carbocycles. The zero-order chi connectivity index (χ0) is 29.6. The summed E-state index contributed by atoms with van der Waals surface area (Å²) in [6.45, 7) is 6.65. The fourth-order valence-corrected chi connectivity index (χ4v) is 3.97. The molecule has 0 saturated carbocycles. The summed E-state index contributed by atoms with van der Waals surface area (Å²) in [7, 11) is -3.66. The Hall–Kier alpha value is -1.19. The first-order chi connectivity index (χ1) is 18.7. The normalized spacial score (nSPS) is 11.9. The van der Waals surface area contributed by atoms with Gasteiger partial charge in [-0.25, -0.2) is 0 Å². The Morgan fingerprint density at radius 3 is 1.26 bits per heavy atom. The molecule has 0 bridgehead atoms. The van der Waals surface area contributed by atoms with Gasteiger partial charge in [0, 0.05) is 0 Å². The molecule has 9 heteroatoms. The molecule has 1 atom stereocenters. The fraction of sp³-hybridized carbons (Fsp3) is 0.933. The van der Waals surface area contributed by atoms with E-state index in [1.54, 1.807) is 0 Å². The summed E-state index contributed by atoms with van der Waals surface area (Å²) in [5, 5.41) is 0. The molecule has 0 saturated heterocycles. The molecule has 8 nitrogen and oxygen atoms in total. The van der Waals surface area contributed by atoms with Gasteiger partial charge in [-0.15, -0.1) is 0 Å². The molecule has 0 aromatic heterocycles. The number of carbonyl (C=O) groups is 2. The molecule has 0 heterocycles. The predicted octanol–water partition coefficient (Wildman–Crippen LogP) is 7.53. The van der Waals surface area contributed by atoms with Gasteiger partial charge in [-0.05, 0) is 19.8 Å². The largest absolute Gasteiger partial charge is 0.466 e. The summed E-state index contributed by atoms with van der Waals surface area (Å²) in [6.07, 6.45) is 24.7. The van der Waals surface area contributed by atoms with Crippen molar-refractivity contribution in [2.75, 3.05) is 19.0 Å². The average molecular weight is 580 g/mol. The van der Waals surface area contributed by atoms with Crippen LogP contribution in [-0.4, -0.2) is 49.9 Å². The summed E-state index contributed by atoms with van der Waals surface area (Å²) < 4.78 is 37.3. The van der Waals surface area contributed by atoms with Crippen LogP contribution in [0.4, 0.5) is 0 Å². The second-order valence-electron chi connectivity index (χ2n) is 10.4. The van der Waals surface area contributed by atoms with Crippen molar-refractivity contribution in [3.63, 3.8) is 0 Å². The molecule has 0 aromatic rings. The van der Waals surface area contributed by atoms with E-state index >= 15 is 0 Å². The Balaban J connectivity index is 0. The Kier molecular flexibility index (Phi) is 30.5. The van der Waals surface area contributed by atoms with E-state index in [4.69, 9.17) is 19.8 Å². The number of hydrogen-bond donors (Lipinski definition) is 2. The van der Waals surface area contributed by atoms with Gasteiger partial charge in [-0.1, -0.05) is 129 Å². The first kappa shape index (κ1) is 40.0. The molecule has 234 valence electrons. The number of carbonyl (C=O) groups excluding carboxylic acids is 2. The van der Waals surface area contributed by atoms with E-state index < -0.39 is 28.1 Å². The highest BCUT2D eigenvalue weighted by molar-refractivity contribution is 7.85. The van der Waals surface area contributed by atoms with E-state index in [1.165, 1.54) is 110 Å². The van der Waals surface area contributed by atoms with Gasteiger partial charge >= 0.3 is 11.9 Å². The van der Waals surface area contributed by atoms with E-state index in [2.05, 4.69) is 13.8 Å². The highest BCUT2D eigenvalue weighted by Crippen LogP contribution is 2.12. The van der Waals surface area contributed by atoms with Crippen molar-refractivity contribution in [2.45, 2.75) is 162 Å². The third-order valence-corrected chi connectivity index (χ3v) is 7.29. The number of rotatable bonds is 26. The second kappa shape index (κ2) is 29.8. The van der Waals surface area contributed by atoms with Crippen molar-refractivity contribution in [3.8, 4) is 0 Å². The first-order valence-electron chi connectivity index (χ1n) is 15.7. The van der Waals surface area contributed by atoms with Crippen LogP contribution < -0.4 is 5.73 Å². The molecule has 0 radical (unpaired) electrons. The van der Waals surface area contributed by atoms with Crippen LogP contribution in [0.1, 0.15) is 156 Å². The van der Waals surface area contributed by atoms with Crippen molar-refractivity contribution in [2.24, 2.45) is 5.73 Å². The lowest BCUT2D eigenvalue weighted by Crippen LogP contribution is -2.35. The van der Waals surface area contributed by atoms with Gasteiger partial charge in [0.25, 0.3) is 10.1 Å². The van der Waals surface area contributed by atoms with Gasteiger partial charge in [0.1, 0.15) is 6.04 Å². The molecule has 0 rings (SSSR count). The molecule has 0 spiro atoms. The Labute approximate surface area is 240 Å². The van der Waals surface area contributed by atoms with Crippen LogP contribution in [0.15, 0.2) is 0 Å². The van der Waals surface area contributed by atoms with E-state index in [0.717, 1.165) is 25.7 Å². The third kappa shape index (κ3) is 34.8. The predicted molar refractivity (Wildman–Crippen MR) is 160 cm³/mol. The van der Waals surface area contributed by atoms with Crippen LogP contribution in [0.5, 0.6) is 0 Å². The van der Waals surface area contributed by atoms with Crippen molar-refractivity contribution < 1.29 is 32.0 Å². The molecular weight excluding hydrogens is 518 g/mol. The van der Waals surface area contributed by atoms with Crippen LogP contribution >= 0.6 is 0 Å². The number of unbranched alkanes of at least 4 members (excludes halogenated alkanes) is 18. The molecule has 0 fully saturated rings. The number of hydrogen-bond acceptors (Lipinski definition) is 7. The maximum Gasteiger partial charge on any atom is 0.323 e. The summed E-state index contributed by atoms with van der Waals surface area (Å²) in [5.41, 5.74) is 5.80. The Morgan fingerprint density at radius 2 is 0.923 bits per heavy atom. The smallest absolute Gasteiger partial charge is 0.323 e. The zero-order valence-corrected chi connectivity index (χ0v) is 26.2. The van der Waals surface area contributed by atoms with Crippen molar-refractivity contribution in [1.82, 2.24) is 0 Å². The summed E-state index contributed by atoms with van der Waals surface area (Å²) in [4.78, 5) is 23.8. The average Bonchev–Trinajstić information content (AvgIpc) is 2.90. The zero-order valence-electron chi connectivity index (χ0n) is 25.4. The highest BCUT2D eigenvalue weighted by atomic mass is 32.2. The maximum absolute atomic E-state index is 11.9. The van der Waals surface area contributed by atoms with E-state index in [1.807, 2.05) is 0 Å². The van der Waals surface area contributed by atoms with Crippen molar-refractivity contribution in [1.29, 1.82) is 0 Å². The molecule has 0 aliphatic heterocycles. The molecule has 0 aliphatic rings. The lowest BCUT2D eigenvalue weighted by atomic mass is 10.1. The third-order valence-electron chi connectivity index (χ3n) is 6.56. The van der Waals surface area contributed by atoms with E-state index in [-0.39, 0.29) is 12.2 Å². The molecule has 3 N–H and O–H groups in total. The topological polar surface area (TPSA) is 133 Å². The molecular formula is C30H61NO7S. The number of esters is 2. The second-order valence-corrected chi connectivity index (χ2v) is 12.2. The minimum Gasteiger partial charge on any atom is -0.466 e. The van der Waals surface area contributed by atoms with Gasteiger partial charge in [0.15, 0.2) is 0 Å². The maximum atomic E-state index is 11.9. The van der Waals surface area contributed by atoms with Crippen molar-refractivity contribution in [3.05, 3.63) is 0 Å². The number of nitrogens with two attached hydrogens (primary N) is 1. The Bertz CT molecular complexity index is 656. The quantitative estimate of drug-likeness (QED) is 0.0610. The van der Waals surface area contributed by atoms with Crippen LogP contribution in [0.2, 0.25) is 0 Å². The van der Waals surface area contributed by atoms with Gasteiger partial charge in [-0.2, -0.15) is 8.42 Å². The molecule has 1 unspecified atom stereocenters. The van der Waals surface area contributed by atoms with Crippen LogP contribution in [-0.2, 0) is 29.2 Å². The number of ether oxygens (including phenoxy) is 2. The lowest BCUT2D eigenvalue weighted by Gasteiger charge is -2.11. The standard InChI is InChI=1S/C28H55NO4.C2H6O3S/c1-3-5-7-9-11-13-15-17-19-21-23-32-27(30)25-26(29)28(31)33-24-22-20-18-16-14-12-10-8-6-4-2;1-2-6(3,4)5/h26H,3-25,29H2,1-2H3;2H2,1H3,(H,3,4,5). The monoisotopic (exact) mass is 579 g/mol. The molecule has 0 aromatic carbocycles. The van der Waals surface area contributed by atoms with Gasteiger partial charge in [0.05, 0.1) is 25.4 Å². The van der Waals surface area contributed by atoms with E-state index in [9.17, 15) is 18.0 Å². The minimum atomic E-state index is -3.66. The molecule has 0 amide bonds. The highest BCUT2D eigenvalue weighted by Gasteiger charge is 2.19.